The number of aromatic nitrogens is 3. The lowest BCUT2D eigenvalue weighted by atomic mass is 10.1. The number of aryl methyl sites for hydroxylation is 1. The van der Waals surface area contributed by atoms with Crippen molar-refractivity contribution in [3.05, 3.63) is 22.9 Å². The van der Waals surface area contributed by atoms with Gasteiger partial charge in [0.05, 0.1) is 12.8 Å². The lowest BCUT2D eigenvalue weighted by Gasteiger charge is -2.23. The van der Waals surface area contributed by atoms with Crippen molar-refractivity contribution in [2.24, 2.45) is 18.9 Å². The van der Waals surface area contributed by atoms with E-state index in [0.29, 0.717) is 11.1 Å². The van der Waals surface area contributed by atoms with Crippen LogP contribution >= 0.6 is 11.6 Å². The van der Waals surface area contributed by atoms with Gasteiger partial charge in [0.15, 0.2) is 11.0 Å². The number of nitrogens with zero attached hydrogens (tertiary/aromatic N) is 4. The molecule has 25 heavy (non-hydrogen) atoms. The lowest BCUT2D eigenvalue weighted by molar-refractivity contribution is -0.146. The van der Waals surface area contributed by atoms with Gasteiger partial charge >= 0.3 is 12.1 Å². The lowest BCUT2D eigenvalue weighted by Crippen LogP contribution is -2.44. The number of pyridine rings is 1. The molecule has 1 saturated heterocycles. The van der Waals surface area contributed by atoms with E-state index >= 15 is 0 Å². The number of carboxylic acid groups (broad SMARTS) is 1. The van der Waals surface area contributed by atoms with E-state index < -0.39 is 23.9 Å². The van der Waals surface area contributed by atoms with Crippen LogP contribution in [0.25, 0.3) is 10.9 Å². The Balaban J connectivity index is 1.75. The minimum absolute atomic E-state index is 0.0583. The first-order valence-corrected chi connectivity index (χ1v) is 7.98. The molecule has 1 aliphatic heterocycles. The van der Waals surface area contributed by atoms with Crippen molar-refractivity contribution in [1.82, 2.24) is 19.7 Å². The van der Waals surface area contributed by atoms with Gasteiger partial charge in [-0.05, 0) is 5.92 Å². The molecule has 0 bridgehead atoms. The van der Waals surface area contributed by atoms with Gasteiger partial charge in [-0.2, -0.15) is 5.10 Å². The Bertz CT molecular complexity index is 917. The third-order valence-corrected chi connectivity index (χ3v) is 5.41. The van der Waals surface area contributed by atoms with Crippen molar-refractivity contribution < 1.29 is 23.8 Å². The number of fused-ring (bicyclic) bond motifs is 2. The van der Waals surface area contributed by atoms with E-state index in [1.54, 1.807) is 7.05 Å². The van der Waals surface area contributed by atoms with Crippen LogP contribution in [-0.4, -0.2) is 56.5 Å². The zero-order valence-electron chi connectivity index (χ0n) is 13.3. The minimum atomic E-state index is -1.16. The smallest absolute Gasteiger partial charge is 0.408 e. The fraction of sp³-hybridized carbons (Fsp3) is 0.467. The van der Waals surface area contributed by atoms with Gasteiger partial charge in [-0.1, -0.05) is 11.6 Å². The maximum atomic E-state index is 14.3. The summed E-state index contributed by atoms with van der Waals surface area (Å²) in [6.45, 7) is 0.214. The number of carbonyl (C=O) groups is 2. The molecule has 1 saturated carbocycles. The van der Waals surface area contributed by atoms with Gasteiger partial charge in [-0.15, -0.1) is 0 Å². The first-order valence-electron chi connectivity index (χ1n) is 7.60. The fourth-order valence-corrected chi connectivity index (χ4v) is 4.21. The number of likely N-dealkylation sites (tertiary alicyclic amines) is 1. The highest BCUT2D eigenvalue weighted by Gasteiger charge is 2.66. The number of esters is 1. The van der Waals surface area contributed by atoms with E-state index in [4.69, 9.17) is 16.3 Å². The van der Waals surface area contributed by atoms with Crippen molar-refractivity contribution >= 4 is 34.6 Å². The van der Waals surface area contributed by atoms with Crippen LogP contribution in [-0.2, 0) is 16.6 Å². The monoisotopic (exact) mass is 368 g/mol. The molecule has 2 unspecified atom stereocenters. The number of methoxy groups -OCH3 is 1. The molecule has 8 nitrogen and oxygen atoms in total. The zero-order valence-corrected chi connectivity index (χ0v) is 14.1. The van der Waals surface area contributed by atoms with E-state index in [2.05, 4.69) is 10.1 Å². The summed E-state index contributed by atoms with van der Waals surface area (Å²) in [5.41, 5.74) is 0.846. The van der Waals surface area contributed by atoms with Crippen LogP contribution in [0.1, 0.15) is 11.6 Å². The van der Waals surface area contributed by atoms with Crippen molar-refractivity contribution in [1.29, 1.82) is 0 Å². The largest absolute Gasteiger partial charge is 0.467 e. The van der Waals surface area contributed by atoms with E-state index in [1.165, 1.54) is 18.0 Å². The summed E-state index contributed by atoms with van der Waals surface area (Å²) in [4.78, 5) is 28.4. The molecule has 1 amide bonds. The molecule has 2 aliphatic rings. The molecule has 4 rings (SSSR count). The number of rotatable bonds is 2. The summed E-state index contributed by atoms with van der Waals surface area (Å²) >= 11 is 5.74. The minimum Gasteiger partial charge on any atom is -0.467 e. The number of hydrogen-bond donors (Lipinski definition) is 1. The molecule has 0 radical (unpaired) electrons. The quantitative estimate of drug-likeness (QED) is 0.639. The van der Waals surface area contributed by atoms with E-state index in [1.807, 2.05) is 0 Å². The molecule has 1 aliphatic carbocycles. The Morgan fingerprint density at radius 2 is 2.20 bits per heavy atom. The average Bonchev–Trinajstić information content (AvgIpc) is 2.95. The summed E-state index contributed by atoms with van der Waals surface area (Å²) in [5, 5.41) is 14.0. The first-order chi connectivity index (χ1) is 11.9. The van der Waals surface area contributed by atoms with E-state index in [0.717, 1.165) is 4.90 Å². The van der Waals surface area contributed by atoms with Gasteiger partial charge < -0.3 is 9.84 Å². The Kier molecular flexibility index (Phi) is 3.40. The second kappa shape index (κ2) is 5.29. The summed E-state index contributed by atoms with van der Waals surface area (Å²) in [6.07, 6.45) is 0.297. The third kappa shape index (κ3) is 2.11. The van der Waals surface area contributed by atoms with Crippen molar-refractivity contribution in [3.63, 3.8) is 0 Å². The predicted molar refractivity (Wildman–Crippen MR) is 83.7 cm³/mol. The Labute approximate surface area is 146 Å². The molecule has 10 heteroatoms. The number of amides is 1. The summed E-state index contributed by atoms with van der Waals surface area (Å²) in [7, 11) is 2.83. The van der Waals surface area contributed by atoms with Crippen LogP contribution in [0.15, 0.2) is 6.20 Å². The molecular weight excluding hydrogens is 355 g/mol. The Hall–Kier alpha value is -2.42. The second-order valence-corrected chi connectivity index (χ2v) is 6.66. The third-order valence-electron chi connectivity index (χ3n) is 5.15. The molecule has 2 fully saturated rings. The standard InChI is InChI=1S/C15H14ClFN4O4/c1-20-11-5(3-18-13(16)9(11)17)10(19-20)7-6-4-21(15(23)24)12(8(6)7)14(22)25-2/h3,6-8,12H,4H2,1-2H3,(H,23,24)/t6?,7-,8?,12-/m0/s1. The van der Waals surface area contributed by atoms with Gasteiger partial charge in [-0.25, -0.2) is 19.0 Å². The molecule has 2 aromatic rings. The molecule has 0 spiro atoms. The number of halogens is 2. The van der Waals surface area contributed by atoms with Crippen LogP contribution in [0.2, 0.25) is 5.15 Å². The zero-order chi connectivity index (χ0) is 18.0. The number of piperidine rings is 1. The van der Waals surface area contributed by atoms with Gasteiger partial charge in [0.1, 0.15) is 11.6 Å². The maximum Gasteiger partial charge on any atom is 0.408 e. The van der Waals surface area contributed by atoms with E-state index in [-0.39, 0.29) is 35.0 Å². The molecule has 0 aromatic carbocycles. The normalized spacial score (nSPS) is 27.4. The number of ether oxygens (including phenoxy) is 1. The van der Waals surface area contributed by atoms with Crippen LogP contribution in [0.5, 0.6) is 0 Å². The topological polar surface area (TPSA) is 97.5 Å². The molecule has 1 N–H and O–H groups in total. The molecule has 4 atom stereocenters. The maximum absolute atomic E-state index is 14.3. The van der Waals surface area contributed by atoms with Gasteiger partial charge in [0.25, 0.3) is 0 Å². The average molecular weight is 369 g/mol. The Morgan fingerprint density at radius 3 is 2.84 bits per heavy atom. The number of hydrogen-bond acceptors (Lipinski definition) is 5. The highest BCUT2D eigenvalue weighted by Crippen LogP contribution is 2.62. The van der Waals surface area contributed by atoms with Crippen molar-refractivity contribution in [2.75, 3.05) is 13.7 Å². The molecule has 3 heterocycles. The SMILES string of the molecule is COC(=O)[C@@H]1C2C(CN1C(=O)O)[C@@H]2c1nn(C)c2c(F)c(Cl)ncc12. The van der Waals surface area contributed by atoms with E-state index in [9.17, 15) is 19.1 Å². The van der Waals surface area contributed by atoms with Gasteiger partial charge in [0, 0.05) is 37.0 Å². The predicted octanol–water partition coefficient (Wildman–Crippen LogP) is 1.63. The first kappa shape index (κ1) is 16.1. The van der Waals surface area contributed by atoms with Crippen LogP contribution in [0.4, 0.5) is 9.18 Å². The number of carbonyl (C=O) groups excluding carboxylic acids is 1. The van der Waals surface area contributed by atoms with Crippen LogP contribution in [0, 0.1) is 17.7 Å². The highest BCUT2D eigenvalue weighted by molar-refractivity contribution is 6.30. The fourth-order valence-electron chi connectivity index (χ4n) is 4.07. The van der Waals surface area contributed by atoms with Gasteiger partial charge in [0.2, 0.25) is 0 Å². The summed E-state index contributed by atoms with van der Waals surface area (Å²) in [5.74, 6) is -1.68. The molecular formula is C15H14ClFN4O4. The molecule has 2 aromatic heterocycles. The summed E-state index contributed by atoms with van der Waals surface area (Å²) in [6, 6.07) is -0.875. The van der Waals surface area contributed by atoms with Crippen molar-refractivity contribution in [3.8, 4) is 0 Å². The van der Waals surface area contributed by atoms with Gasteiger partial charge in [-0.3, -0.25) is 9.58 Å². The highest BCUT2D eigenvalue weighted by atomic mass is 35.5. The Morgan fingerprint density at radius 1 is 1.48 bits per heavy atom. The molecule has 132 valence electrons. The van der Waals surface area contributed by atoms with Crippen LogP contribution in [0.3, 0.4) is 0 Å². The van der Waals surface area contributed by atoms with Crippen molar-refractivity contribution in [2.45, 2.75) is 12.0 Å². The summed E-state index contributed by atoms with van der Waals surface area (Å²) < 4.78 is 20.4. The van der Waals surface area contributed by atoms with Crippen LogP contribution < -0.4 is 0 Å². The second-order valence-electron chi connectivity index (χ2n) is 6.30.